The molecule has 0 radical (unpaired) electrons. The van der Waals surface area contributed by atoms with E-state index in [4.69, 9.17) is 10.5 Å². The molecule has 1 aromatic carbocycles. The van der Waals surface area contributed by atoms with Gasteiger partial charge in [-0.2, -0.15) is 0 Å². The van der Waals surface area contributed by atoms with Crippen LogP contribution in [0.5, 0.6) is 5.75 Å². The Hall–Kier alpha value is -1.75. The van der Waals surface area contributed by atoms with E-state index >= 15 is 0 Å². The molecule has 0 aliphatic heterocycles. The molecular weight excluding hydrogens is 254 g/mol. The highest BCUT2D eigenvalue weighted by molar-refractivity contribution is 5.77. The molecule has 1 aromatic rings. The van der Waals surface area contributed by atoms with Gasteiger partial charge in [-0.3, -0.25) is 9.69 Å². The van der Waals surface area contributed by atoms with E-state index in [0.717, 1.165) is 24.3 Å². The summed E-state index contributed by atoms with van der Waals surface area (Å²) in [5, 5.41) is 0. The maximum atomic E-state index is 11.9. The quantitative estimate of drug-likeness (QED) is 0.770. The molecular formula is C15H25N3O2. The van der Waals surface area contributed by atoms with E-state index in [9.17, 15) is 4.79 Å². The Morgan fingerprint density at radius 1 is 1.35 bits per heavy atom. The van der Waals surface area contributed by atoms with E-state index in [1.807, 2.05) is 18.2 Å². The van der Waals surface area contributed by atoms with Crippen molar-refractivity contribution in [1.29, 1.82) is 0 Å². The Morgan fingerprint density at radius 2 is 2.05 bits per heavy atom. The number of carbonyl (C=O) groups is 1. The molecule has 0 aliphatic carbocycles. The van der Waals surface area contributed by atoms with Crippen LogP contribution in [0.3, 0.4) is 0 Å². The third-order valence-corrected chi connectivity index (χ3v) is 3.10. The summed E-state index contributed by atoms with van der Waals surface area (Å²) in [6, 6.07) is 5.58. The van der Waals surface area contributed by atoms with Crippen molar-refractivity contribution in [2.45, 2.75) is 19.9 Å². The number of methoxy groups -OCH3 is 1. The van der Waals surface area contributed by atoms with Crippen LogP contribution in [-0.2, 0) is 11.3 Å². The Kier molecular flexibility index (Phi) is 6.31. The van der Waals surface area contributed by atoms with E-state index in [-0.39, 0.29) is 5.91 Å². The molecule has 0 saturated carbocycles. The van der Waals surface area contributed by atoms with Gasteiger partial charge in [-0.15, -0.1) is 0 Å². The van der Waals surface area contributed by atoms with Crippen molar-refractivity contribution < 1.29 is 9.53 Å². The number of benzene rings is 1. The molecule has 0 aliphatic rings. The lowest BCUT2D eigenvalue weighted by Gasteiger charge is -2.24. The normalized spacial score (nSPS) is 10.7. The molecule has 0 unspecified atom stereocenters. The summed E-state index contributed by atoms with van der Waals surface area (Å²) < 4.78 is 5.35. The van der Waals surface area contributed by atoms with Crippen molar-refractivity contribution in [1.82, 2.24) is 9.80 Å². The van der Waals surface area contributed by atoms with Crippen molar-refractivity contribution in [3.8, 4) is 5.75 Å². The fourth-order valence-corrected chi connectivity index (χ4v) is 2.03. The lowest BCUT2D eigenvalue weighted by molar-refractivity contribution is -0.130. The number of carbonyl (C=O) groups excluding carboxylic acids is 1. The van der Waals surface area contributed by atoms with Crippen LogP contribution in [0, 0.1) is 0 Å². The zero-order valence-corrected chi connectivity index (χ0v) is 12.8. The first-order chi connectivity index (χ1) is 9.47. The number of hydrogen-bond donors (Lipinski definition) is 1. The van der Waals surface area contributed by atoms with Gasteiger partial charge in [0.05, 0.1) is 13.7 Å². The molecule has 5 heteroatoms. The summed E-state index contributed by atoms with van der Waals surface area (Å²) in [4.78, 5) is 15.6. The summed E-state index contributed by atoms with van der Waals surface area (Å²) in [5.41, 5.74) is 7.54. The van der Waals surface area contributed by atoms with Gasteiger partial charge in [0.15, 0.2) is 0 Å². The highest BCUT2D eigenvalue weighted by Crippen LogP contribution is 2.22. The highest BCUT2D eigenvalue weighted by atomic mass is 16.5. The molecule has 2 N–H and O–H groups in total. The topological polar surface area (TPSA) is 58.8 Å². The molecule has 0 heterocycles. The Labute approximate surface area is 121 Å². The summed E-state index contributed by atoms with van der Waals surface area (Å²) in [7, 11) is 5.19. The number of amides is 1. The Morgan fingerprint density at radius 3 is 2.60 bits per heavy atom. The average Bonchev–Trinajstić information content (AvgIpc) is 2.39. The van der Waals surface area contributed by atoms with Gasteiger partial charge in [-0.05, 0) is 31.2 Å². The largest absolute Gasteiger partial charge is 0.496 e. The minimum atomic E-state index is 0.0984. The zero-order valence-electron chi connectivity index (χ0n) is 12.8. The fourth-order valence-electron chi connectivity index (χ4n) is 2.03. The van der Waals surface area contributed by atoms with Crippen LogP contribution in [0.15, 0.2) is 18.2 Å². The smallest absolute Gasteiger partial charge is 0.236 e. The fraction of sp³-hybridized carbons (Fsp3) is 0.533. The molecule has 5 nitrogen and oxygen atoms in total. The molecule has 0 spiro atoms. The van der Waals surface area contributed by atoms with Crippen LogP contribution in [0.1, 0.15) is 18.9 Å². The number of anilines is 1. The van der Waals surface area contributed by atoms with Crippen LogP contribution in [-0.4, -0.2) is 50.0 Å². The maximum Gasteiger partial charge on any atom is 0.236 e. The van der Waals surface area contributed by atoms with Crippen molar-refractivity contribution in [3.05, 3.63) is 23.8 Å². The molecule has 0 atom stereocenters. The van der Waals surface area contributed by atoms with Crippen molar-refractivity contribution in [2.75, 3.05) is 40.0 Å². The van der Waals surface area contributed by atoms with Gasteiger partial charge in [-0.25, -0.2) is 0 Å². The Balaban J connectivity index is 2.84. The van der Waals surface area contributed by atoms with E-state index in [0.29, 0.717) is 18.8 Å². The van der Waals surface area contributed by atoms with E-state index in [1.54, 1.807) is 26.1 Å². The second kappa shape index (κ2) is 7.75. The van der Waals surface area contributed by atoms with Gasteiger partial charge in [-0.1, -0.05) is 6.92 Å². The first kappa shape index (κ1) is 16.3. The summed E-state index contributed by atoms with van der Waals surface area (Å²) in [5.74, 6) is 0.902. The van der Waals surface area contributed by atoms with Crippen molar-refractivity contribution in [3.63, 3.8) is 0 Å². The number of ether oxygens (including phenoxy) is 1. The number of likely N-dealkylation sites (N-methyl/N-ethyl adjacent to an activating group) is 1. The van der Waals surface area contributed by atoms with Gasteiger partial charge < -0.3 is 15.4 Å². The highest BCUT2D eigenvalue weighted by Gasteiger charge is 2.14. The minimum absolute atomic E-state index is 0.0984. The molecule has 1 amide bonds. The number of nitrogen functional groups attached to an aromatic ring is 1. The first-order valence-electron chi connectivity index (χ1n) is 6.82. The predicted molar refractivity (Wildman–Crippen MR) is 81.7 cm³/mol. The number of nitrogens with zero attached hydrogens (tertiary/aromatic N) is 2. The molecule has 0 aromatic heterocycles. The zero-order chi connectivity index (χ0) is 15.1. The van der Waals surface area contributed by atoms with Crippen LogP contribution in [0.4, 0.5) is 5.69 Å². The minimum Gasteiger partial charge on any atom is -0.496 e. The molecule has 0 fully saturated rings. The van der Waals surface area contributed by atoms with Gasteiger partial charge in [0, 0.05) is 31.9 Å². The van der Waals surface area contributed by atoms with Gasteiger partial charge in [0.1, 0.15) is 5.75 Å². The van der Waals surface area contributed by atoms with E-state index in [2.05, 4.69) is 11.8 Å². The molecule has 1 rings (SSSR count). The van der Waals surface area contributed by atoms with Crippen LogP contribution in [0.2, 0.25) is 0 Å². The summed E-state index contributed by atoms with van der Waals surface area (Å²) >= 11 is 0. The predicted octanol–water partition coefficient (Wildman–Crippen LogP) is 1.58. The van der Waals surface area contributed by atoms with Crippen molar-refractivity contribution in [2.24, 2.45) is 0 Å². The molecule has 0 saturated heterocycles. The first-order valence-corrected chi connectivity index (χ1v) is 6.82. The van der Waals surface area contributed by atoms with Gasteiger partial charge in [0.2, 0.25) is 5.91 Å². The lowest BCUT2D eigenvalue weighted by atomic mass is 10.1. The molecule has 112 valence electrons. The van der Waals surface area contributed by atoms with Crippen LogP contribution < -0.4 is 10.5 Å². The number of rotatable bonds is 7. The average molecular weight is 279 g/mol. The second-order valence-corrected chi connectivity index (χ2v) is 5.07. The third-order valence-electron chi connectivity index (χ3n) is 3.10. The monoisotopic (exact) mass is 279 g/mol. The van der Waals surface area contributed by atoms with Gasteiger partial charge in [0.25, 0.3) is 0 Å². The van der Waals surface area contributed by atoms with Crippen LogP contribution in [0.25, 0.3) is 0 Å². The Bertz CT molecular complexity index is 447. The second-order valence-electron chi connectivity index (χ2n) is 5.07. The SMILES string of the molecule is CCCN(CC(=O)N(C)C)Cc1cc(N)ccc1OC. The van der Waals surface area contributed by atoms with Crippen LogP contribution >= 0.6 is 0 Å². The maximum absolute atomic E-state index is 11.9. The summed E-state index contributed by atoms with van der Waals surface area (Å²) in [6.07, 6.45) is 0.991. The number of hydrogen-bond acceptors (Lipinski definition) is 4. The third kappa shape index (κ3) is 4.74. The summed E-state index contributed by atoms with van der Waals surface area (Å²) in [6.45, 7) is 4.02. The van der Waals surface area contributed by atoms with E-state index < -0.39 is 0 Å². The van der Waals surface area contributed by atoms with Gasteiger partial charge >= 0.3 is 0 Å². The molecule has 0 bridgehead atoms. The molecule has 20 heavy (non-hydrogen) atoms. The number of nitrogens with two attached hydrogens (primary N) is 1. The standard InChI is InChI=1S/C15H25N3O2/c1-5-8-18(11-15(19)17(2)3)10-12-9-13(16)6-7-14(12)20-4/h6-7,9H,5,8,10-11,16H2,1-4H3. The van der Waals surface area contributed by atoms with Crippen molar-refractivity contribution >= 4 is 11.6 Å². The van der Waals surface area contributed by atoms with E-state index in [1.165, 1.54) is 0 Å². The lowest BCUT2D eigenvalue weighted by Crippen LogP contribution is -2.36.